The molecule has 0 saturated carbocycles. The van der Waals surface area contributed by atoms with Crippen LogP contribution in [0.15, 0.2) is 0 Å². The largest absolute Gasteiger partial charge is 0.376 e. The minimum atomic E-state index is 0.0922. The number of nitrogens with zero attached hydrogens (tertiary/aromatic N) is 1. The molecule has 0 bridgehead atoms. The van der Waals surface area contributed by atoms with Crippen LogP contribution in [0.2, 0.25) is 0 Å². The predicted octanol–water partition coefficient (Wildman–Crippen LogP) is 0.00230. The first kappa shape index (κ1) is 12.8. The highest BCUT2D eigenvalue weighted by molar-refractivity contribution is 5.78. The van der Waals surface area contributed by atoms with Crippen LogP contribution in [-0.4, -0.2) is 62.4 Å². The third kappa shape index (κ3) is 4.26. The monoisotopic (exact) mass is 242 g/mol. The van der Waals surface area contributed by atoms with E-state index in [9.17, 15) is 4.79 Å². The zero-order valence-electron chi connectivity index (χ0n) is 10.5. The number of rotatable bonds is 4. The van der Waals surface area contributed by atoms with E-state index in [4.69, 9.17) is 9.47 Å². The van der Waals surface area contributed by atoms with E-state index in [-0.39, 0.29) is 18.1 Å². The van der Waals surface area contributed by atoms with E-state index < -0.39 is 0 Å². The highest BCUT2D eigenvalue weighted by Gasteiger charge is 2.20. The van der Waals surface area contributed by atoms with Crippen LogP contribution in [0, 0.1) is 0 Å². The molecule has 1 amide bonds. The van der Waals surface area contributed by atoms with E-state index in [1.807, 2.05) is 6.92 Å². The second-order valence-corrected chi connectivity index (χ2v) is 4.86. The Morgan fingerprint density at radius 2 is 2.29 bits per heavy atom. The summed E-state index contributed by atoms with van der Waals surface area (Å²) in [5.74, 6) is 0.0922. The zero-order chi connectivity index (χ0) is 12.1. The average Bonchev–Trinajstić information content (AvgIpc) is 2.79. The Kier molecular flexibility index (Phi) is 4.76. The van der Waals surface area contributed by atoms with Crippen molar-refractivity contribution < 1.29 is 14.3 Å². The third-order valence-corrected chi connectivity index (χ3v) is 3.24. The molecule has 2 atom stereocenters. The van der Waals surface area contributed by atoms with Crippen molar-refractivity contribution in [3.05, 3.63) is 0 Å². The van der Waals surface area contributed by atoms with E-state index in [1.165, 1.54) is 0 Å². The van der Waals surface area contributed by atoms with Gasteiger partial charge in [-0.3, -0.25) is 9.69 Å². The Morgan fingerprint density at radius 1 is 1.41 bits per heavy atom. The van der Waals surface area contributed by atoms with Crippen molar-refractivity contribution in [3.63, 3.8) is 0 Å². The van der Waals surface area contributed by atoms with Crippen LogP contribution < -0.4 is 5.32 Å². The van der Waals surface area contributed by atoms with Crippen LogP contribution in [0.1, 0.15) is 19.8 Å². The van der Waals surface area contributed by atoms with Gasteiger partial charge < -0.3 is 14.8 Å². The highest BCUT2D eigenvalue weighted by atomic mass is 16.5. The van der Waals surface area contributed by atoms with Gasteiger partial charge in [0.2, 0.25) is 5.91 Å². The van der Waals surface area contributed by atoms with Crippen LogP contribution in [0.25, 0.3) is 0 Å². The van der Waals surface area contributed by atoms with Gasteiger partial charge in [-0.05, 0) is 19.8 Å². The summed E-state index contributed by atoms with van der Waals surface area (Å²) in [6.45, 7) is 6.41. The first-order valence-electron chi connectivity index (χ1n) is 6.46. The lowest BCUT2D eigenvalue weighted by Gasteiger charge is -2.30. The van der Waals surface area contributed by atoms with Gasteiger partial charge in [-0.15, -0.1) is 0 Å². The summed E-state index contributed by atoms with van der Waals surface area (Å²) >= 11 is 0. The van der Waals surface area contributed by atoms with Crippen molar-refractivity contribution in [1.82, 2.24) is 10.2 Å². The van der Waals surface area contributed by atoms with Crippen molar-refractivity contribution >= 4 is 5.91 Å². The molecule has 17 heavy (non-hydrogen) atoms. The van der Waals surface area contributed by atoms with Crippen LogP contribution in [0.5, 0.6) is 0 Å². The van der Waals surface area contributed by atoms with Gasteiger partial charge in [0.1, 0.15) is 0 Å². The molecule has 2 heterocycles. The second kappa shape index (κ2) is 6.33. The van der Waals surface area contributed by atoms with Crippen LogP contribution in [0.3, 0.4) is 0 Å². The second-order valence-electron chi connectivity index (χ2n) is 4.86. The maximum Gasteiger partial charge on any atom is 0.234 e. The summed E-state index contributed by atoms with van der Waals surface area (Å²) in [6.07, 6.45) is 2.63. The predicted molar refractivity (Wildman–Crippen MR) is 63.8 cm³/mol. The van der Waals surface area contributed by atoms with Crippen molar-refractivity contribution in [3.8, 4) is 0 Å². The summed E-state index contributed by atoms with van der Waals surface area (Å²) in [6, 6.07) is 0. The maximum absolute atomic E-state index is 11.7. The molecule has 0 spiro atoms. The fraction of sp³-hybridized carbons (Fsp3) is 0.917. The summed E-state index contributed by atoms with van der Waals surface area (Å²) in [5, 5.41) is 2.94. The molecule has 98 valence electrons. The van der Waals surface area contributed by atoms with E-state index >= 15 is 0 Å². The Balaban J connectivity index is 1.62. The Labute approximate surface area is 102 Å². The molecule has 0 radical (unpaired) electrons. The third-order valence-electron chi connectivity index (χ3n) is 3.24. The number of hydrogen-bond donors (Lipinski definition) is 1. The van der Waals surface area contributed by atoms with E-state index in [0.717, 1.165) is 39.1 Å². The van der Waals surface area contributed by atoms with Gasteiger partial charge in [0.05, 0.1) is 25.4 Å². The molecule has 0 aromatic heterocycles. The molecule has 0 aliphatic carbocycles. The van der Waals surface area contributed by atoms with Gasteiger partial charge in [0.25, 0.3) is 0 Å². The molecule has 1 N–H and O–H groups in total. The van der Waals surface area contributed by atoms with E-state index in [0.29, 0.717) is 13.1 Å². The number of carbonyl (C=O) groups excluding carboxylic acids is 1. The normalized spacial score (nSPS) is 30.4. The molecular weight excluding hydrogens is 220 g/mol. The smallest absolute Gasteiger partial charge is 0.234 e. The molecule has 2 saturated heterocycles. The molecule has 2 aliphatic rings. The van der Waals surface area contributed by atoms with Gasteiger partial charge in [0, 0.05) is 26.2 Å². The first-order chi connectivity index (χ1) is 8.24. The molecule has 2 unspecified atom stereocenters. The Hall–Kier alpha value is -0.650. The quantitative estimate of drug-likeness (QED) is 0.754. The van der Waals surface area contributed by atoms with Gasteiger partial charge in [0.15, 0.2) is 0 Å². The average molecular weight is 242 g/mol. The molecule has 0 aromatic rings. The molecule has 2 fully saturated rings. The fourth-order valence-electron chi connectivity index (χ4n) is 2.33. The number of amides is 1. The molecule has 5 heteroatoms. The minimum absolute atomic E-state index is 0.0922. The summed E-state index contributed by atoms with van der Waals surface area (Å²) in [4.78, 5) is 13.9. The van der Waals surface area contributed by atoms with Crippen LogP contribution in [-0.2, 0) is 14.3 Å². The Bertz CT molecular complexity index is 254. The number of ether oxygens (including phenoxy) is 2. The van der Waals surface area contributed by atoms with E-state index in [2.05, 4.69) is 10.2 Å². The zero-order valence-corrected chi connectivity index (χ0v) is 10.5. The highest BCUT2D eigenvalue weighted by Crippen LogP contribution is 2.10. The van der Waals surface area contributed by atoms with Gasteiger partial charge in [-0.25, -0.2) is 0 Å². The lowest BCUT2D eigenvalue weighted by molar-refractivity contribution is -0.124. The number of carbonyl (C=O) groups is 1. The number of morpholine rings is 1. The molecule has 2 rings (SSSR count). The van der Waals surface area contributed by atoms with Crippen LogP contribution >= 0.6 is 0 Å². The number of hydrogen-bond acceptors (Lipinski definition) is 4. The minimum Gasteiger partial charge on any atom is -0.376 e. The summed E-state index contributed by atoms with van der Waals surface area (Å²) in [5.41, 5.74) is 0. The first-order valence-corrected chi connectivity index (χ1v) is 6.46. The van der Waals surface area contributed by atoms with Crippen molar-refractivity contribution in [2.24, 2.45) is 0 Å². The van der Waals surface area contributed by atoms with Gasteiger partial charge in [-0.2, -0.15) is 0 Å². The molecule has 5 nitrogen and oxygen atoms in total. The van der Waals surface area contributed by atoms with Crippen molar-refractivity contribution in [2.45, 2.75) is 32.0 Å². The summed E-state index contributed by atoms with van der Waals surface area (Å²) < 4.78 is 10.9. The standard InChI is InChI=1S/C12H22N2O3/c1-10-8-14(4-6-16-10)9-12(15)13-7-11-3-2-5-17-11/h10-11H,2-9H2,1H3,(H,13,15). The summed E-state index contributed by atoms with van der Waals surface area (Å²) in [7, 11) is 0. The molecular formula is C12H22N2O3. The fourth-order valence-corrected chi connectivity index (χ4v) is 2.33. The van der Waals surface area contributed by atoms with Gasteiger partial charge >= 0.3 is 0 Å². The lowest BCUT2D eigenvalue weighted by atomic mass is 10.2. The van der Waals surface area contributed by atoms with Gasteiger partial charge in [-0.1, -0.05) is 0 Å². The molecule has 2 aliphatic heterocycles. The van der Waals surface area contributed by atoms with Crippen LogP contribution in [0.4, 0.5) is 0 Å². The molecule has 0 aromatic carbocycles. The number of nitrogens with one attached hydrogen (secondary N) is 1. The van der Waals surface area contributed by atoms with Crippen molar-refractivity contribution in [2.75, 3.05) is 39.4 Å². The SMILES string of the molecule is CC1CN(CC(=O)NCC2CCCO2)CCO1. The maximum atomic E-state index is 11.7. The Morgan fingerprint density at radius 3 is 3.00 bits per heavy atom. The van der Waals surface area contributed by atoms with Crippen molar-refractivity contribution in [1.29, 1.82) is 0 Å². The lowest BCUT2D eigenvalue weighted by Crippen LogP contribution is -2.46. The topological polar surface area (TPSA) is 50.8 Å². The van der Waals surface area contributed by atoms with E-state index in [1.54, 1.807) is 0 Å².